The molecule has 9 heteroatoms. The average molecular weight is 380 g/mol. The Morgan fingerprint density at radius 2 is 2.05 bits per heavy atom. The van der Waals surface area contributed by atoms with Gasteiger partial charge in [-0.1, -0.05) is 11.3 Å². The van der Waals surface area contributed by atoms with Crippen LogP contribution in [0.1, 0.15) is 33.2 Å². The van der Waals surface area contributed by atoms with E-state index in [1.807, 2.05) is 0 Å². The number of carbonyl (C=O) groups excluding carboxylic acids is 1. The normalized spacial score (nSPS) is 11.7. The van der Waals surface area contributed by atoms with Crippen molar-refractivity contribution in [2.75, 3.05) is 0 Å². The highest BCUT2D eigenvalue weighted by Gasteiger charge is 2.31. The van der Waals surface area contributed by atoms with Crippen LogP contribution in [0.2, 0.25) is 0 Å². The molecular formula is C12H9BrF3N3OS. The van der Waals surface area contributed by atoms with Crippen LogP contribution in [0.4, 0.5) is 13.2 Å². The Morgan fingerprint density at radius 3 is 2.62 bits per heavy atom. The fourth-order valence-electron chi connectivity index (χ4n) is 1.70. The maximum atomic E-state index is 12.7. The van der Waals surface area contributed by atoms with Crippen LogP contribution in [0.3, 0.4) is 0 Å². The van der Waals surface area contributed by atoms with Gasteiger partial charge >= 0.3 is 6.18 Å². The molecule has 0 radical (unpaired) electrons. The molecule has 2 rings (SSSR count). The number of pyridine rings is 1. The van der Waals surface area contributed by atoms with Crippen molar-refractivity contribution in [3.63, 3.8) is 0 Å². The molecule has 2 aromatic heterocycles. The van der Waals surface area contributed by atoms with Gasteiger partial charge in [0, 0.05) is 17.8 Å². The maximum absolute atomic E-state index is 12.7. The second-order valence-corrected chi connectivity index (χ2v) is 6.52. The summed E-state index contributed by atoms with van der Waals surface area (Å²) in [5.74, 6) is -0.268. The van der Waals surface area contributed by atoms with Gasteiger partial charge < -0.3 is 0 Å². The minimum atomic E-state index is -4.42. The van der Waals surface area contributed by atoms with Gasteiger partial charge in [-0.3, -0.25) is 9.78 Å². The predicted octanol–water partition coefficient (Wildman–Crippen LogP) is 3.84. The van der Waals surface area contributed by atoms with E-state index in [4.69, 9.17) is 0 Å². The number of aryl methyl sites for hydroxylation is 2. The Labute approximate surface area is 130 Å². The van der Waals surface area contributed by atoms with Crippen LogP contribution in [0.15, 0.2) is 16.0 Å². The lowest BCUT2D eigenvalue weighted by Gasteiger charge is -2.09. The largest absolute Gasteiger partial charge is 0.416 e. The average Bonchev–Trinajstić information content (AvgIpc) is 2.81. The molecule has 0 bridgehead atoms. The number of nitrogens with zero attached hydrogens (tertiary/aromatic N) is 3. The molecule has 0 unspecified atom stereocenters. The summed E-state index contributed by atoms with van der Waals surface area (Å²) in [6.07, 6.45) is -4.26. The smallest absolute Gasteiger partial charge is 0.291 e. The summed E-state index contributed by atoms with van der Waals surface area (Å²) in [6.45, 7) is 1.49. The third-order valence-corrected chi connectivity index (χ3v) is 3.98. The molecule has 0 aliphatic carbocycles. The van der Waals surface area contributed by atoms with E-state index in [0.717, 1.165) is 23.5 Å². The maximum Gasteiger partial charge on any atom is 0.416 e. The Bertz CT molecular complexity index is 672. The summed E-state index contributed by atoms with van der Waals surface area (Å²) in [6, 6.07) is 1.95. The fraction of sp³-hybridized carbons (Fsp3) is 0.333. The van der Waals surface area contributed by atoms with Crippen molar-refractivity contribution in [2.45, 2.75) is 25.9 Å². The third-order valence-electron chi connectivity index (χ3n) is 2.58. The van der Waals surface area contributed by atoms with Crippen molar-refractivity contribution < 1.29 is 18.0 Å². The number of carbonyl (C=O) groups is 1. The molecule has 4 nitrogen and oxygen atoms in total. The van der Waals surface area contributed by atoms with Crippen molar-refractivity contribution >= 4 is 33.0 Å². The summed E-state index contributed by atoms with van der Waals surface area (Å²) in [7, 11) is 0. The zero-order valence-corrected chi connectivity index (χ0v) is 13.1. The van der Waals surface area contributed by atoms with Crippen molar-refractivity contribution in [3.05, 3.63) is 38.0 Å². The predicted molar refractivity (Wildman–Crippen MR) is 74.2 cm³/mol. The standard InChI is InChI=1S/C12H9BrF3N3OS/c1-6-4-7(12(14,15)16)5-8(17-6)2-3-9(20)10-18-19-11(13)21-10/h4-5H,2-3H2,1H3. The van der Waals surface area contributed by atoms with Gasteiger partial charge in [0.15, 0.2) is 14.7 Å². The fourth-order valence-corrected chi connectivity index (χ4v) is 2.77. The number of ketones is 1. The molecule has 0 saturated heterocycles. The number of alkyl halides is 3. The van der Waals surface area contributed by atoms with Crippen LogP contribution in [0, 0.1) is 6.92 Å². The molecule has 0 aliphatic heterocycles. The molecule has 112 valence electrons. The van der Waals surface area contributed by atoms with Crippen molar-refractivity contribution in [2.24, 2.45) is 0 Å². The first kappa shape index (κ1) is 16.0. The second kappa shape index (κ2) is 6.18. The Morgan fingerprint density at radius 1 is 1.33 bits per heavy atom. The minimum Gasteiger partial charge on any atom is -0.291 e. The van der Waals surface area contributed by atoms with Crippen molar-refractivity contribution in [1.82, 2.24) is 15.2 Å². The molecule has 2 aromatic rings. The van der Waals surface area contributed by atoms with E-state index in [-0.39, 0.29) is 35.0 Å². The van der Waals surface area contributed by atoms with Gasteiger partial charge in [0.1, 0.15) is 0 Å². The van der Waals surface area contributed by atoms with E-state index < -0.39 is 11.7 Å². The lowest BCUT2D eigenvalue weighted by molar-refractivity contribution is -0.137. The van der Waals surface area contributed by atoms with E-state index in [2.05, 4.69) is 31.1 Å². The van der Waals surface area contributed by atoms with Crippen LogP contribution >= 0.6 is 27.3 Å². The molecule has 0 N–H and O–H groups in total. The van der Waals surface area contributed by atoms with Gasteiger partial charge in [0.2, 0.25) is 0 Å². The molecule has 2 heterocycles. The number of hydrogen-bond donors (Lipinski definition) is 0. The molecule has 0 aromatic carbocycles. The Hall–Kier alpha value is -1.35. The number of rotatable bonds is 4. The molecule has 0 saturated carbocycles. The zero-order valence-electron chi connectivity index (χ0n) is 10.7. The Kier molecular flexibility index (Phi) is 4.72. The van der Waals surface area contributed by atoms with E-state index in [0.29, 0.717) is 3.92 Å². The highest BCUT2D eigenvalue weighted by atomic mass is 79.9. The topological polar surface area (TPSA) is 55.7 Å². The van der Waals surface area contributed by atoms with Gasteiger partial charge in [-0.2, -0.15) is 13.2 Å². The summed E-state index contributed by atoms with van der Waals surface area (Å²) < 4.78 is 38.6. The molecule has 0 fully saturated rings. The first-order valence-electron chi connectivity index (χ1n) is 5.82. The summed E-state index contributed by atoms with van der Waals surface area (Å²) in [5.41, 5.74) is -0.249. The summed E-state index contributed by atoms with van der Waals surface area (Å²) in [4.78, 5) is 15.9. The third kappa shape index (κ3) is 4.31. The lowest BCUT2D eigenvalue weighted by Crippen LogP contribution is -2.09. The second-order valence-electron chi connectivity index (χ2n) is 4.27. The highest BCUT2D eigenvalue weighted by Crippen LogP contribution is 2.30. The summed E-state index contributed by atoms with van der Waals surface area (Å²) >= 11 is 4.18. The quantitative estimate of drug-likeness (QED) is 0.757. The number of aromatic nitrogens is 3. The van der Waals surface area contributed by atoms with Gasteiger partial charge in [-0.25, -0.2) is 0 Å². The van der Waals surface area contributed by atoms with Crippen molar-refractivity contribution in [1.29, 1.82) is 0 Å². The summed E-state index contributed by atoms with van der Waals surface area (Å²) in [5, 5.41) is 7.55. The SMILES string of the molecule is Cc1cc(C(F)(F)F)cc(CCC(=O)c2nnc(Br)s2)n1. The minimum absolute atomic E-state index is 0.0371. The number of Topliss-reactive ketones (excluding diaryl/α,β-unsaturated/α-hetero) is 1. The molecular weight excluding hydrogens is 371 g/mol. The number of hydrogen-bond acceptors (Lipinski definition) is 5. The van der Waals surface area contributed by atoms with Gasteiger partial charge in [-0.05, 0) is 41.4 Å². The van der Waals surface area contributed by atoms with Crippen LogP contribution in [-0.2, 0) is 12.6 Å². The van der Waals surface area contributed by atoms with Gasteiger partial charge in [0.25, 0.3) is 0 Å². The van der Waals surface area contributed by atoms with Crippen LogP contribution < -0.4 is 0 Å². The van der Waals surface area contributed by atoms with E-state index in [1.54, 1.807) is 0 Å². The first-order chi connectivity index (χ1) is 9.75. The molecule has 0 amide bonds. The van der Waals surface area contributed by atoms with Crippen molar-refractivity contribution in [3.8, 4) is 0 Å². The van der Waals surface area contributed by atoms with Crippen LogP contribution in [0.5, 0.6) is 0 Å². The number of halogens is 4. The van der Waals surface area contributed by atoms with Gasteiger partial charge in [0.05, 0.1) is 5.56 Å². The van der Waals surface area contributed by atoms with E-state index in [1.165, 1.54) is 6.92 Å². The molecule has 0 spiro atoms. The Balaban J connectivity index is 2.10. The molecule has 0 aliphatic rings. The monoisotopic (exact) mass is 379 g/mol. The lowest BCUT2D eigenvalue weighted by atomic mass is 10.1. The van der Waals surface area contributed by atoms with E-state index in [9.17, 15) is 18.0 Å². The van der Waals surface area contributed by atoms with Crippen LogP contribution in [-0.4, -0.2) is 21.0 Å². The van der Waals surface area contributed by atoms with Gasteiger partial charge in [-0.15, -0.1) is 10.2 Å². The van der Waals surface area contributed by atoms with E-state index >= 15 is 0 Å². The highest BCUT2D eigenvalue weighted by molar-refractivity contribution is 9.11. The first-order valence-corrected chi connectivity index (χ1v) is 7.43. The molecule has 0 atom stereocenters. The molecule has 21 heavy (non-hydrogen) atoms. The van der Waals surface area contributed by atoms with Crippen LogP contribution in [0.25, 0.3) is 0 Å². The zero-order chi connectivity index (χ0) is 15.6.